The Balaban J connectivity index is 2.10. The second-order valence-corrected chi connectivity index (χ2v) is 5.09. The third-order valence-corrected chi connectivity index (χ3v) is 2.81. The first-order chi connectivity index (χ1) is 9.06. The zero-order valence-electron chi connectivity index (χ0n) is 11.6. The van der Waals surface area contributed by atoms with Crippen LogP contribution in [0.1, 0.15) is 37.2 Å². The van der Waals surface area contributed by atoms with Crippen molar-refractivity contribution in [2.24, 2.45) is 11.7 Å². The van der Waals surface area contributed by atoms with Crippen LogP contribution in [0.4, 0.5) is 0 Å². The van der Waals surface area contributed by atoms with Gasteiger partial charge in [0.25, 0.3) is 0 Å². The zero-order chi connectivity index (χ0) is 13.8. The highest BCUT2D eigenvalue weighted by molar-refractivity contribution is 5.09. The van der Waals surface area contributed by atoms with E-state index in [-0.39, 0.29) is 6.04 Å². The number of aryl methyl sites for hydroxylation is 1. The molecule has 0 radical (unpaired) electrons. The van der Waals surface area contributed by atoms with Gasteiger partial charge in [0.15, 0.2) is 0 Å². The molecule has 1 atom stereocenters. The fourth-order valence-electron chi connectivity index (χ4n) is 1.93. The molecule has 6 nitrogen and oxygen atoms in total. The van der Waals surface area contributed by atoms with Crippen LogP contribution in [-0.2, 0) is 13.0 Å². The predicted octanol–water partition coefficient (Wildman–Crippen LogP) is 1.28. The van der Waals surface area contributed by atoms with E-state index in [0.717, 1.165) is 23.9 Å². The molecule has 2 heterocycles. The molecule has 0 aliphatic carbocycles. The first-order valence-electron chi connectivity index (χ1n) is 6.48. The number of hydrogen-bond donors (Lipinski definition) is 1. The van der Waals surface area contributed by atoms with E-state index in [9.17, 15) is 0 Å². The fourth-order valence-corrected chi connectivity index (χ4v) is 1.93. The van der Waals surface area contributed by atoms with Gasteiger partial charge in [0.05, 0.1) is 11.7 Å². The maximum Gasteiger partial charge on any atom is 0.138 e. The summed E-state index contributed by atoms with van der Waals surface area (Å²) in [5.41, 5.74) is 7.02. The molecule has 0 spiro atoms. The van der Waals surface area contributed by atoms with Crippen LogP contribution in [0, 0.1) is 12.8 Å². The zero-order valence-corrected chi connectivity index (χ0v) is 11.6. The van der Waals surface area contributed by atoms with Crippen LogP contribution in [0.5, 0.6) is 0 Å². The van der Waals surface area contributed by atoms with Gasteiger partial charge in [-0.3, -0.25) is 0 Å². The topological polar surface area (TPSA) is 82.5 Å². The Hall–Kier alpha value is -1.82. The van der Waals surface area contributed by atoms with Gasteiger partial charge >= 0.3 is 0 Å². The summed E-state index contributed by atoms with van der Waals surface area (Å²) in [6, 6.07) is 1.66. The molecule has 2 aromatic heterocycles. The molecule has 0 fully saturated rings. The van der Waals surface area contributed by atoms with Crippen molar-refractivity contribution in [3.8, 4) is 0 Å². The van der Waals surface area contributed by atoms with Crippen molar-refractivity contribution in [1.82, 2.24) is 24.7 Å². The van der Waals surface area contributed by atoms with Gasteiger partial charge in [-0.05, 0) is 18.9 Å². The van der Waals surface area contributed by atoms with Crippen molar-refractivity contribution in [3.63, 3.8) is 0 Å². The standard InChI is InChI=1S/C13H20N6/c1-9(2)7-19-13(16-8-17-19)6-11(14)12-4-5-15-10(3)18-12/h4-5,8-9,11H,6-7,14H2,1-3H3. The number of rotatable bonds is 5. The summed E-state index contributed by atoms with van der Waals surface area (Å²) in [6.07, 6.45) is 3.94. The van der Waals surface area contributed by atoms with Crippen molar-refractivity contribution in [2.45, 2.75) is 39.8 Å². The summed E-state index contributed by atoms with van der Waals surface area (Å²) >= 11 is 0. The Morgan fingerprint density at radius 1 is 1.32 bits per heavy atom. The average Bonchev–Trinajstić information content (AvgIpc) is 2.75. The largest absolute Gasteiger partial charge is 0.322 e. The van der Waals surface area contributed by atoms with Crippen LogP contribution in [0.15, 0.2) is 18.6 Å². The molecule has 1 unspecified atom stereocenters. The van der Waals surface area contributed by atoms with Gasteiger partial charge < -0.3 is 5.73 Å². The molecule has 2 aromatic rings. The number of hydrogen-bond acceptors (Lipinski definition) is 5. The maximum atomic E-state index is 6.18. The molecule has 0 saturated carbocycles. The Labute approximate surface area is 113 Å². The molecule has 0 amide bonds. The average molecular weight is 260 g/mol. The minimum Gasteiger partial charge on any atom is -0.322 e. The monoisotopic (exact) mass is 260 g/mol. The Kier molecular flexibility index (Phi) is 4.21. The van der Waals surface area contributed by atoms with Crippen molar-refractivity contribution < 1.29 is 0 Å². The van der Waals surface area contributed by atoms with Crippen LogP contribution in [0.25, 0.3) is 0 Å². The molecular formula is C13H20N6. The molecule has 0 aromatic carbocycles. The number of aromatic nitrogens is 5. The maximum absolute atomic E-state index is 6.18. The normalized spacial score (nSPS) is 12.9. The van der Waals surface area contributed by atoms with E-state index in [1.165, 1.54) is 0 Å². The highest BCUT2D eigenvalue weighted by atomic mass is 15.3. The fraction of sp³-hybridized carbons (Fsp3) is 0.538. The molecule has 0 aliphatic rings. The smallest absolute Gasteiger partial charge is 0.138 e. The first kappa shape index (κ1) is 13.6. The summed E-state index contributed by atoms with van der Waals surface area (Å²) in [5, 5.41) is 4.24. The van der Waals surface area contributed by atoms with E-state index in [0.29, 0.717) is 12.3 Å². The summed E-state index contributed by atoms with van der Waals surface area (Å²) in [5.74, 6) is 2.16. The quantitative estimate of drug-likeness (QED) is 0.875. The number of nitrogens with two attached hydrogens (primary N) is 1. The summed E-state index contributed by atoms with van der Waals surface area (Å²) in [6.45, 7) is 7.01. The van der Waals surface area contributed by atoms with Gasteiger partial charge in [0, 0.05) is 19.2 Å². The minimum absolute atomic E-state index is 0.184. The van der Waals surface area contributed by atoms with Gasteiger partial charge in [0.2, 0.25) is 0 Å². The predicted molar refractivity (Wildman–Crippen MR) is 72.3 cm³/mol. The Morgan fingerprint density at radius 2 is 2.11 bits per heavy atom. The lowest BCUT2D eigenvalue weighted by atomic mass is 10.1. The van der Waals surface area contributed by atoms with Crippen LogP contribution in [-0.4, -0.2) is 24.7 Å². The molecule has 6 heteroatoms. The van der Waals surface area contributed by atoms with Crippen molar-refractivity contribution in [1.29, 1.82) is 0 Å². The molecule has 102 valence electrons. The second kappa shape index (κ2) is 5.88. The van der Waals surface area contributed by atoms with Crippen molar-refractivity contribution in [2.75, 3.05) is 0 Å². The van der Waals surface area contributed by atoms with E-state index in [1.807, 2.05) is 17.7 Å². The lowest BCUT2D eigenvalue weighted by Crippen LogP contribution is -2.19. The molecule has 0 bridgehead atoms. The van der Waals surface area contributed by atoms with Gasteiger partial charge in [-0.2, -0.15) is 5.10 Å². The van der Waals surface area contributed by atoms with E-state index >= 15 is 0 Å². The minimum atomic E-state index is -0.184. The van der Waals surface area contributed by atoms with Crippen molar-refractivity contribution >= 4 is 0 Å². The third kappa shape index (κ3) is 3.57. The van der Waals surface area contributed by atoms with E-state index < -0.39 is 0 Å². The van der Waals surface area contributed by atoms with E-state index in [2.05, 4.69) is 33.9 Å². The highest BCUT2D eigenvalue weighted by Crippen LogP contribution is 2.13. The lowest BCUT2D eigenvalue weighted by Gasteiger charge is -2.13. The van der Waals surface area contributed by atoms with Gasteiger partial charge in [-0.1, -0.05) is 13.8 Å². The van der Waals surface area contributed by atoms with Gasteiger partial charge in [-0.25, -0.2) is 19.6 Å². The molecule has 0 saturated heterocycles. The lowest BCUT2D eigenvalue weighted by molar-refractivity contribution is 0.458. The number of nitrogens with zero attached hydrogens (tertiary/aromatic N) is 5. The summed E-state index contributed by atoms with van der Waals surface area (Å²) in [4.78, 5) is 12.7. The van der Waals surface area contributed by atoms with Gasteiger partial charge in [0.1, 0.15) is 18.0 Å². The molecular weight excluding hydrogens is 240 g/mol. The van der Waals surface area contributed by atoms with Crippen molar-refractivity contribution in [3.05, 3.63) is 35.9 Å². The van der Waals surface area contributed by atoms with Crippen LogP contribution in [0.3, 0.4) is 0 Å². The van der Waals surface area contributed by atoms with E-state index in [1.54, 1.807) is 12.5 Å². The summed E-state index contributed by atoms with van der Waals surface area (Å²) < 4.78 is 1.92. The highest BCUT2D eigenvalue weighted by Gasteiger charge is 2.14. The molecule has 0 aliphatic heterocycles. The van der Waals surface area contributed by atoms with Gasteiger partial charge in [-0.15, -0.1) is 0 Å². The second-order valence-electron chi connectivity index (χ2n) is 5.09. The first-order valence-corrected chi connectivity index (χ1v) is 6.48. The Bertz CT molecular complexity index is 533. The van der Waals surface area contributed by atoms with E-state index in [4.69, 9.17) is 5.73 Å². The molecule has 2 N–H and O–H groups in total. The SMILES string of the molecule is Cc1nccc(C(N)Cc2ncnn2CC(C)C)n1. The summed E-state index contributed by atoms with van der Waals surface area (Å²) in [7, 11) is 0. The third-order valence-electron chi connectivity index (χ3n) is 2.81. The van der Waals surface area contributed by atoms with Crippen LogP contribution >= 0.6 is 0 Å². The molecule has 19 heavy (non-hydrogen) atoms. The Morgan fingerprint density at radius 3 is 2.79 bits per heavy atom. The van der Waals surface area contributed by atoms with Crippen LogP contribution in [0.2, 0.25) is 0 Å². The molecule has 2 rings (SSSR count). The van der Waals surface area contributed by atoms with Crippen LogP contribution < -0.4 is 5.73 Å².